The summed E-state index contributed by atoms with van der Waals surface area (Å²) in [4.78, 5) is 28.1. The molecule has 9 nitrogen and oxygen atoms in total. The lowest BCUT2D eigenvalue weighted by atomic mass is 10.1. The van der Waals surface area contributed by atoms with Gasteiger partial charge >= 0.3 is 11.9 Å². The van der Waals surface area contributed by atoms with E-state index < -0.39 is 11.9 Å². The summed E-state index contributed by atoms with van der Waals surface area (Å²) in [5.41, 5.74) is 2.26. The van der Waals surface area contributed by atoms with Crippen LogP contribution in [0.25, 0.3) is 16.4 Å². The molecule has 4 rings (SSSR count). The van der Waals surface area contributed by atoms with Crippen LogP contribution in [0, 0.1) is 6.92 Å². The zero-order chi connectivity index (χ0) is 19.7. The second kappa shape index (κ2) is 7.31. The molecule has 0 bridgehead atoms. The monoisotopic (exact) mass is 400 g/mol. The standard InChI is InChI=1S/C18H16N4O5S/c1-3-25-17(24)16(23)20-15-6-10(2)21-22(15)18-19-12(8-28-18)11-4-5-13-14(7-11)27-9-26-13/h4-8H,3,9H2,1-2H3,(H,20,23). The molecule has 144 valence electrons. The van der Waals surface area contributed by atoms with Crippen LogP contribution in [-0.2, 0) is 14.3 Å². The number of hydrogen-bond acceptors (Lipinski definition) is 8. The van der Waals surface area contributed by atoms with E-state index in [0.29, 0.717) is 28.1 Å². The number of nitrogens with zero attached hydrogens (tertiary/aromatic N) is 3. The summed E-state index contributed by atoms with van der Waals surface area (Å²) >= 11 is 1.35. The van der Waals surface area contributed by atoms with Crippen molar-refractivity contribution < 1.29 is 23.8 Å². The average Bonchev–Trinajstić information content (AvgIpc) is 3.40. The van der Waals surface area contributed by atoms with E-state index in [1.807, 2.05) is 23.6 Å². The first-order valence-corrected chi connectivity index (χ1v) is 9.34. The molecule has 3 aromatic rings. The van der Waals surface area contributed by atoms with E-state index in [1.54, 1.807) is 19.9 Å². The average molecular weight is 400 g/mol. The second-order valence-electron chi connectivity index (χ2n) is 5.84. The van der Waals surface area contributed by atoms with Gasteiger partial charge in [0.15, 0.2) is 11.5 Å². The van der Waals surface area contributed by atoms with Crippen molar-refractivity contribution in [3.8, 4) is 27.9 Å². The Morgan fingerprint density at radius 1 is 1.29 bits per heavy atom. The number of carbonyl (C=O) groups excluding carboxylic acids is 2. The van der Waals surface area contributed by atoms with Crippen molar-refractivity contribution in [2.45, 2.75) is 13.8 Å². The van der Waals surface area contributed by atoms with Gasteiger partial charge in [-0.2, -0.15) is 9.78 Å². The van der Waals surface area contributed by atoms with E-state index in [-0.39, 0.29) is 13.4 Å². The number of thiazole rings is 1. The maximum atomic E-state index is 12.0. The fraction of sp³-hybridized carbons (Fsp3) is 0.222. The van der Waals surface area contributed by atoms with Gasteiger partial charge < -0.3 is 19.5 Å². The molecule has 0 fully saturated rings. The van der Waals surface area contributed by atoms with Crippen LogP contribution < -0.4 is 14.8 Å². The zero-order valence-electron chi connectivity index (χ0n) is 15.1. The number of benzene rings is 1. The number of hydrogen-bond donors (Lipinski definition) is 1. The number of amides is 1. The molecular formula is C18H16N4O5S. The van der Waals surface area contributed by atoms with Crippen molar-refractivity contribution in [3.63, 3.8) is 0 Å². The molecule has 10 heteroatoms. The van der Waals surface area contributed by atoms with Gasteiger partial charge in [0.2, 0.25) is 11.9 Å². The normalized spacial score (nSPS) is 12.1. The fourth-order valence-electron chi connectivity index (χ4n) is 2.65. The van der Waals surface area contributed by atoms with Crippen LogP contribution in [-0.4, -0.2) is 40.0 Å². The number of aromatic nitrogens is 3. The molecule has 1 aliphatic rings. The third-order valence-corrected chi connectivity index (χ3v) is 4.69. The summed E-state index contributed by atoms with van der Waals surface area (Å²) in [7, 11) is 0. The highest BCUT2D eigenvalue weighted by molar-refractivity contribution is 7.12. The van der Waals surface area contributed by atoms with Gasteiger partial charge in [0, 0.05) is 17.0 Å². The minimum Gasteiger partial charge on any atom is -0.459 e. The first-order valence-electron chi connectivity index (χ1n) is 8.46. The number of esters is 1. The Balaban J connectivity index is 1.60. The highest BCUT2D eigenvalue weighted by Gasteiger charge is 2.20. The lowest BCUT2D eigenvalue weighted by molar-refractivity contribution is -0.152. The minimum absolute atomic E-state index is 0.121. The summed E-state index contributed by atoms with van der Waals surface area (Å²) in [5.74, 6) is -0.110. The van der Waals surface area contributed by atoms with Crippen LogP contribution in [0.1, 0.15) is 12.6 Å². The topological polar surface area (TPSA) is 105 Å². The second-order valence-corrected chi connectivity index (χ2v) is 6.68. The highest BCUT2D eigenvalue weighted by Crippen LogP contribution is 2.36. The minimum atomic E-state index is -0.951. The number of ether oxygens (including phenoxy) is 3. The van der Waals surface area contributed by atoms with E-state index >= 15 is 0 Å². The Morgan fingerprint density at radius 3 is 2.93 bits per heavy atom. The molecule has 0 aliphatic carbocycles. The quantitative estimate of drug-likeness (QED) is 0.530. The first-order chi connectivity index (χ1) is 13.5. The number of fused-ring (bicyclic) bond motifs is 1. The largest absolute Gasteiger partial charge is 0.459 e. The van der Waals surface area contributed by atoms with Gasteiger partial charge in [0.1, 0.15) is 5.82 Å². The molecule has 0 radical (unpaired) electrons. The van der Waals surface area contributed by atoms with Crippen molar-refractivity contribution in [2.24, 2.45) is 0 Å². The maximum absolute atomic E-state index is 12.0. The van der Waals surface area contributed by atoms with Gasteiger partial charge in [0.05, 0.1) is 18.0 Å². The summed E-state index contributed by atoms with van der Waals surface area (Å²) in [5, 5.41) is 9.29. The van der Waals surface area contributed by atoms with Crippen molar-refractivity contribution >= 4 is 29.0 Å². The van der Waals surface area contributed by atoms with Crippen molar-refractivity contribution in [1.82, 2.24) is 14.8 Å². The molecule has 0 spiro atoms. The van der Waals surface area contributed by atoms with Gasteiger partial charge in [0.25, 0.3) is 0 Å². The molecule has 0 saturated heterocycles. The predicted molar refractivity (Wildman–Crippen MR) is 101 cm³/mol. The summed E-state index contributed by atoms with van der Waals surface area (Å²) < 4.78 is 16.9. The van der Waals surface area contributed by atoms with E-state index in [2.05, 4.69) is 15.4 Å². The highest BCUT2D eigenvalue weighted by atomic mass is 32.1. The number of anilines is 1. The third-order valence-electron chi connectivity index (χ3n) is 3.88. The zero-order valence-corrected chi connectivity index (χ0v) is 15.9. The molecule has 28 heavy (non-hydrogen) atoms. The Labute approximate surface area is 163 Å². The molecule has 0 saturated carbocycles. The van der Waals surface area contributed by atoms with E-state index in [9.17, 15) is 9.59 Å². The Morgan fingerprint density at radius 2 is 2.11 bits per heavy atom. The van der Waals surface area contributed by atoms with Crippen molar-refractivity contribution in [2.75, 3.05) is 18.7 Å². The number of carbonyl (C=O) groups is 2. The Bertz CT molecular complexity index is 1060. The van der Waals surface area contributed by atoms with Crippen LogP contribution in [0.4, 0.5) is 5.82 Å². The molecule has 3 heterocycles. The molecular weight excluding hydrogens is 384 g/mol. The van der Waals surface area contributed by atoms with Gasteiger partial charge in [-0.3, -0.25) is 4.79 Å². The van der Waals surface area contributed by atoms with E-state index in [1.165, 1.54) is 16.0 Å². The smallest absolute Gasteiger partial charge is 0.397 e. The molecule has 0 atom stereocenters. The molecule has 2 aromatic heterocycles. The van der Waals surface area contributed by atoms with Gasteiger partial charge in [-0.15, -0.1) is 11.3 Å². The molecule has 1 N–H and O–H groups in total. The molecule has 1 aromatic carbocycles. The lowest BCUT2D eigenvalue weighted by Crippen LogP contribution is -2.26. The lowest BCUT2D eigenvalue weighted by Gasteiger charge is -2.06. The van der Waals surface area contributed by atoms with Crippen LogP contribution in [0.15, 0.2) is 29.6 Å². The SMILES string of the molecule is CCOC(=O)C(=O)Nc1cc(C)nn1-c1nc(-c2ccc3c(c2)OCO3)cs1. The van der Waals surface area contributed by atoms with Gasteiger partial charge in [-0.1, -0.05) is 0 Å². The molecule has 1 amide bonds. The van der Waals surface area contributed by atoms with Gasteiger partial charge in [-0.05, 0) is 32.0 Å². The Hall–Kier alpha value is -3.40. The number of nitrogens with one attached hydrogen (secondary N) is 1. The number of aryl methyl sites for hydroxylation is 1. The van der Waals surface area contributed by atoms with Crippen molar-refractivity contribution in [3.05, 3.63) is 35.3 Å². The summed E-state index contributed by atoms with van der Waals surface area (Å²) in [6.07, 6.45) is 0. The summed E-state index contributed by atoms with van der Waals surface area (Å²) in [6, 6.07) is 7.24. The van der Waals surface area contributed by atoms with Crippen LogP contribution in [0.2, 0.25) is 0 Å². The summed E-state index contributed by atoms with van der Waals surface area (Å²) in [6.45, 7) is 3.74. The number of rotatable bonds is 4. The van der Waals surface area contributed by atoms with Crippen molar-refractivity contribution in [1.29, 1.82) is 0 Å². The van der Waals surface area contributed by atoms with Crippen LogP contribution in [0.3, 0.4) is 0 Å². The van der Waals surface area contributed by atoms with Gasteiger partial charge in [-0.25, -0.2) is 9.78 Å². The third kappa shape index (κ3) is 3.41. The first kappa shape index (κ1) is 18.0. The Kier molecular flexibility index (Phi) is 4.70. The van der Waals surface area contributed by atoms with Crippen LogP contribution in [0.5, 0.6) is 11.5 Å². The molecule has 0 unspecified atom stereocenters. The predicted octanol–water partition coefficient (Wildman–Crippen LogP) is 2.53. The maximum Gasteiger partial charge on any atom is 0.397 e. The fourth-order valence-corrected chi connectivity index (χ4v) is 3.44. The van der Waals surface area contributed by atoms with E-state index in [4.69, 9.17) is 14.2 Å². The van der Waals surface area contributed by atoms with Crippen LogP contribution >= 0.6 is 11.3 Å². The molecule has 1 aliphatic heterocycles. The van der Waals surface area contributed by atoms with E-state index in [0.717, 1.165) is 11.3 Å².